The van der Waals surface area contributed by atoms with Crippen LogP contribution in [-0.2, 0) is 16.6 Å². The van der Waals surface area contributed by atoms with E-state index in [0.29, 0.717) is 21.6 Å². The van der Waals surface area contributed by atoms with Gasteiger partial charge >= 0.3 is 5.97 Å². The molecule has 20 heavy (non-hydrogen) atoms. The van der Waals surface area contributed by atoms with Crippen molar-refractivity contribution in [2.75, 3.05) is 24.4 Å². The van der Waals surface area contributed by atoms with Crippen molar-refractivity contribution in [3.63, 3.8) is 0 Å². The minimum atomic E-state index is -0.295. The number of esters is 1. The van der Waals surface area contributed by atoms with Gasteiger partial charge in [-0.3, -0.25) is 14.6 Å². The van der Waals surface area contributed by atoms with Crippen molar-refractivity contribution in [3.8, 4) is 0 Å². The van der Waals surface area contributed by atoms with E-state index in [1.54, 1.807) is 32.2 Å². The van der Waals surface area contributed by atoms with Gasteiger partial charge < -0.3 is 4.74 Å². The predicted octanol–water partition coefficient (Wildman–Crippen LogP) is 0.889. The standard InChI is InChI=1S/C11H14N4O3S2/c1-4-18-8(16)6-19-11-13-14(2)7-5-12-15(3)10(17)9(7)20-11/h5H,4,6H2,1-3H3. The summed E-state index contributed by atoms with van der Waals surface area (Å²) in [6.07, 6.45) is 1.60. The number of hydrogen-bond donors (Lipinski definition) is 0. The fourth-order valence-corrected chi connectivity index (χ4v) is 3.52. The Kier molecular flexibility index (Phi) is 4.71. The molecule has 9 heteroatoms. The van der Waals surface area contributed by atoms with Crippen LogP contribution in [0, 0.1) is 0 Å². The number of rotatable bonds is 3. The smallest absolute Gasteiger partial charge is 0.316 e. The van der Waals surface area contributed by atoms with Gasteiger partial charge in [0, 0.05) is 14.1 Å². The average Bonchev–Trinajstić information content (AvgIpc) is 2.41. The Bertz CT molecular complexity index is 614. The Balaban J connectivity index is 2.14. The van der Waals surface area contributed by atoms with Gasteiger partial charge in [0.15, 0.2) is 4.38 Å². The van der Waals surface area contributed by atoms with Gasteiger partial charge in [-0.25, -0.2) is 4.68 Å². The number of aryl methyl sites for hydroxylation is 1. The molecule has 7 nitrogen and oxygen atoms in total. The zero-order chi connectivity index (χ0) is 14.7. The number of fused-ring (bicyclic) bond motifs is 1. The molecule has 0 aromatic carbocycles. The molecule has 0 aliphatic carbocycles. The van der Waals surface area contributed by atoms with Gasteiger partial charge in [0.25, 0.3) is 5.56 Å². The molecule has 0 fully saturated rings. The van der Waals surface area contributed by atoms with E-state index < -0.39 is 0 Å². The molecule has 0 saturated heterocycles. The molecule has 0 bridgehead atoms. The summed E-state index contributed by atoms with van der Waals surface area (Å²) in [5, 5.41) is 9.86. The molecule has 1 aromatic heterocycles. The van der Waals surface area contributed by atoms with Gasteiger partial charge in [-0.15, -0.1) is 0 Å². The molecule has 0 unspecified atom stereocenters. The van der Waals surface area contributed by atoms with E-state index in [1.165, 1.54) is 28.2 Å². The highest BCUT2D eigenvalue weighted by molar-refractivity contribution is 8.39. The van der Waals surface area contributed by atoms with E-state index in [2.05, 4.69) is 10.2 Å². The van der Waals surface area contributed by atoms with Crippen molar-refractivity contribution in [1.29, 1.82) is 0 Å². The van der Waals surface area contributed by atoms with Crippen LogP contribution in [0.2, 0.25) is 0 Å². The van der Waals surface area contributed by atoms with Crippen LogP contribution in [0.3, 0.4) is 0 Å². The summed E-state index contributed by atoms with van der Waals surface area (Å²) in [5.74, 6) is -0.120. The predicted molar refractivity (Wildman–Crippen MR) is 80.3 cm³/mol. The maximum atomic E-state index is 12.0. The highest BCUT2D eigenvalue weighted by atomic mass is 32.2. The first-order chi connectivity index (χ1) is 9.52. The maximum Gasteiger partial charge on any atom is 0.316 e. The zero-order valence-corrected chi connectivity index (χ0v) is 13.0. The third-order valence-electron chi connectivity index (χ3n) is 2.46. The lowest BCUT2D eigenvalue weighted by atomic mass is 10.4. The van der Waals surface area contributed by atoms with E-state index in [0.717, 1.165) is 0 Å². The molecular formula is C11H14N4O3S2. The second kappa shape index (κ2) is 6.31. The van der Waals surface area contributed by atoms with E-state index in [1.807, 2.05) is 0 Å². The normalized spacial score (nSPS) is 13.8. The van der Waals surface area contributed by atoms with Crippen LogP contribution in [0.1, 0.15) is 6.92 Å². The van der Waals surface area contributed by atoms with Gasteiger partial charge in [0.2, 0.25) is 0 Å². The van der Waals surface area contributed by atoms with Crippen LogP contribution >= 0.6 is 23.5 Å². The SMILES string of the molecule is CCOC(=O)CSC1=NN(C)c2cnn(C)c(=O)c2S1. The number of carbonyl (C=O) groups is 1. The third kappa shape index (κ3) is 3.15. The van der Waals surface area contributed by atoms with Crippen LogP contribution < -0.4 is 10.6 Å². The largest absolute Gasteiger partial charge is 0.465 e. The van der Waals surface area contributed by atoms with E-state index in [-0.39, 0.29) is 17.3 Å². The van der Waals surface area contributed by atoms with Crippen molar-refractivity contribution < 1.29 is 9.53 Å². The Morgan fingerprint density at radius 3 is 2.95 bits per heavy atom. The van der Waals surface area contributed by atoms with Crippen LogP contribution in [0.4, 0.5) is 5.69 Å². The molecule has 0 N–H and O–H groups in total. The molecule has 0 spiro atoms. The monoisotopic (exact) mass is 314 g/mol. The lowest BCUT2D eigenvalue weighted by Crippen LogP contribution is -2.27. The van der Waals surface area contributed by atoms with Crippen molar-refractivity contribution in [2.45, 2.75) is 11.8 Å². The molecule has 1 aliphatic heterocycles. The van der Waals surface area contributed by atoms with E-state index in [4.69, 9.17) is 4.74 Å². The molecule has 2 rings (SSSR count). The lowest BCUT2D eigenvalue weighted by molar-refractivity contribution is -0.139. The maximum absolute atomic E-state index is 12.0. The highest BCUT2D eigenvalue weighted by Gasteiger charge is 2.22. The quantitative estimate of drug-likeness (QED) is 0.767. The summed E-state index contributed by atoms with van der Waals surface area (Å²) in [7, 11) is 3.34. The van der Waals surface area contributed by atoms with Gasteiger partial charge in [0.1, 0.15) is 4.90 Å². The van der Waals surface area contributed by atoms with Gasteiger partial charge in [-0.2, -0.15) is 10.2 Å². The van der Waals surface area contributed by atoms with Crippen molar-refractivity contribution in [2.24, 2.45) is 12.1 Å². The number of anilines is 1. The first kappa shape index (κ1) is 14.9. The number of nitrogens with zero attached hydrogens (tertiary/aromatic N) is 4. The lowest BCUT2D eigenvalue weighted by Gasteiger charge is -2.22. The second-order valence-corrected chi connectivity index (χ2v) is 6.09. The fraction of sp³-hybridized carbons (Fsp3) is 0.455. The van der Waals surface area contributed by atoms with Crippen molar-refractivity contribution in [1.82, 2.24) is 9.78 Å². The fourth-order valence-electron chi connectivity index (χ4n) is 1.50. The topological polar surface area (TPSA) is 76.8 Å². The first-order valence-corrected chi connectivity index (χ1v) is 7.68. The summed E-state index contributed by atoms with van der Waals surface area (Å²) in [6.45, 7) is 2.12. The Labute approximate surface area is 124 Å². The van der Waals surface area contributed by atoms with Crippen molar-refractivity contribution in [3.05, 3.63) is 16.6 Å². The summed E-state index contributed by atoms with van der Waals surface area (Å²) < 4.78 is 6.77. The zero-order valence-electron chi connectivity index (χ0n) is 11.3. The number of hydrogen-bond acceptors (Lipinski definition) is 8. The molecule has 1 aliphatic rings. The minimum absolute atomic E-state index is 0.175. The number of aromatic nitrogens is 2. The van der Waals surface area contributed by atoms with E-state index >= 15 is 0 Å². The molecule has 0 radical (unpaired) electrons. The van der Waals surface area contributed by atoms with Crippen LogP contribution in [0.25, 0.3) is 0 Å². The Hall–Kier alpha value is -1.48. The number of ether oxygens (including phenoxy) is 1. The van der Waals surface area contributed by atoms with Crippen LogP contribution in [0.15, 0.2) is 21.0 Å². The molecule has 0 atom stereocenters. The van der Waals surface area contributed by atoms with Crippen LogP contribution in [-0.4, -0.2) is 39.5 Å². The summed E-state index contributed by atoms with van der Waals surface area (Å²) >= 11 is 2.51. The third-order valence-corrected chi connectivity index (χ3v) is 4.62. The van der Waals surface area contributed by atoms with Crippen LogP contribution in [0.5, 0.6) is 0 Å². The van der Waals surface area contributed by atoms with Gasteiger partial charge in [-0.05, 0) is 6.92 Å². The second-order valence-electron chi connectivity index (χ2n) is 3.87. The molecule has 0 saturated carbocycles. The average molecular weight is 314 g/mol. The molecule has 108 valence electrons. The Morgan fingerprint density at radius 2 is 2.25 bits per heavy atom. The first-order valence-electron chi connectivity index (χ1n) is 5.87. The minimum Gasteiger partial charge on any atom is -0.465 e. The Morgan fingerprint density at radius 1 is 1.50 bits per heavy atom. The van der Waals surface area contributed by atoms with E-state index in [9.17, 15) is 9.59 Å². The van der Waals surface area contributed by atoms with Gasteiger partial charge in [-0.1, -0.05) is 23.5 Å². The highest BCUT2D eigenvalue weighted by Crippen LogP contribution is 2.35. The molecule has 1 aromatic rings. The number of carbonyl (C=O) groups excluding carboxylic acids is 1. The number of thioether (sulfide) groups is 2. The molecular weight excluding hydrogens is 300 g/mol. The van der Waals surface area contributed by atoms with Gasteiger partial charge in [0.05, 0.1) is 24.2 Å². The summed E-state index contributed by atoms with van der Waals surface area (Å²) in [6, 6.07) is 0. The molecule has 2 heterocycles. The summed E-state index contributed by atoms with van der Waals surface area (Å²) in [5.41, 5.74) is 0.488. The molecule has 0 amide bonds. The van der Waals surface area contributed by atoms with Crippen molar-refractivity contribution >= 4 is 39.6 Å². The summed E-state index contributed by atoms with van der Waals surface area (Å²) in [4.78, 5) is 23.9. The number of hydrazone groups is 1.